The molecule has 0 amide bonds. The van der Waals surface area contributed by atoms with Gasteiger partial charge in [0.2, 0.25) is 0 Å². The molecular weight excluding hydrogens is 267 g/mol. The Bertz CT molecular complexity index is 372. The average Bonchev–Trinajstić information content (AvgIpc) is 2.29. The molecule has 0 heterocycles. The van der Waals surface area contributed by atoms with E-state index in [0.717, 1.165) is 4.90 Å². The monoisotopic (exact) mass is 280 g/mol. The first-order chi connectivity index (χ1) is 7.50. The van der Waals surface area contributed by atoms with E-state index < -0.39 is 17.9 Å². The molecule has 0 fully saturated rings. The molecule has 0 saturated carbocycles. The highest BCUT2D eigenvalue weighted by Gasteiger charge is 2.18. The maximum atomic E-state index is 11.2. The minimum absolute atomic E-state index is 0.543. The van der Waals surface area contributed by atoms with E-state index in [-0.39, 0.29) is 0 Å². The van der Waals surface area contributed by atoms with Gasteiger partial charge in [-0.05, 0) is 35.4 Å². The average molecular weight is 280 g/mol. The predicted molar refractivity (Wildman–Crippen MR) is 67.7 cm³/mol. The van der Waals surface area contributed by atoms with Crippen molar-refractivity contribution in [1.82, 2.24) is 0 Å². The van der Waals surface area contributed by atoms with Gasteiger partial charge in [0.15, 0.2) is 4.90 Å². The summed E-state index contributed by atoms with van der Waals surface area (Å²) in [6, 6.07) is 6.82. The minimum Gasteiger partial charge on any atom is -0.612 e. The predicted octanol–water partition coefficient (Wildman–Crippen LogP) is 2.32. The molecule has 16 heavy (non-hydrogen) atoms. The highest BCUT2D eigenvalue weighted by molar-refractivity contribution is 8.07. The molecule has 0 N–H and O–H groups in total. The fourth-order valence-electron chi connectivity index (χ4n) is 0.970. The third-order valence-corrected chi connectivity index (χ3v) is 5.20. The summed E-state index contributed by atoms with van der Waals surface area (Å²) in [6.45, 7) is -2.68. The Morgan fingerprint density at radius 3 is 2.06 bits per heavy atom. The van der Waals surface area contributed by atoms with Crippen molar-refractivity contribution in [1.29, 1.82) is 0 Å². The number of hydrogen-bond donors (Lipinski definition) is 0. The van der Waals surface area contributed by atoms with Crippen LogP contribution in [0.5, 0.6) is 5.75 Å². The Kier molecular flexibility index (Phi) is 5.24. The van der Waals surface area contributed by atoms with Gasteiger partial charge in [-0.25, -0.2) is 0 Å². The smallest absolute Gasteiger partial charge is 0.380 e. The zero-order valence-electron chi connectivity index (χ0n) is 9.21. The van der Waals surface area contributed by atoms with Crippen LogP contribution in [0.1, 0.15) is 0 Å². The summed E-state index contributed by atoms with van der Waals surface area (Å²) in [4.78, 5) is 0.732. The maximum absolute atomic E-state index is 11.2. The quantitative estimate of drug-likeness (QED) is 0.612. The standard InChI is InChI=1S/C9H13O4PS2/c1-11-14(15,12-2)13-8-4-6-9(7-5-8)16(3)10/h4-7H,1-3H3. The van der Waals surface area contributed by atoms with Crippen LogP contribution in [-0.2, 0) is 32.0 Å². The van der Waals surface area contributed by atoms with Crippen molar-refractivity contribution in [3.8, 4) is 5.75 Å². The molecule has 1 unspecified atom stereocenters. The molecule has 1 aromatic carbocycles. The van der Waals surface area contributed by atoms with Gasteiger partial charge in [-0.2, -0.15) is 0 Å². The van der Waals surface area contributed by atoms with Crippen LogP contribution in [0.3, 0.4) is 0 Å². The molecule has 1 rings (SSSR count). The molecule has 1 atom stereocenters. The van der Waals surface area contributed by atoms with Crippen molar-refractivity contribution in [2.75, 3.05) is 20.5 Å². The molecule has 90 valence electrons. The summed E-state index contributed by atoms with van der Waals surface area (Å²) in [5, 5.41) is 0. The van der Waals surface area contributed by atoms with Gasteiger partial charge in [0.1, 0.15) is 12.0 Å². The lowest BCUT2D eigenvalue weighted by molar-refractivity contribution is 0.273. The maximum Gasteiger partial charge on any atom is 0.380 e. The summed E-state index contributed by atoms with van der Waals surface area (Å²) in [5.41, 5.74) is 0. The van der Waals surface area contributed by atoms with Crippen molar-refractivity contribution in [2.45, 2.75) is 4.90 Å². The molecular formula is C9H13O4PS2. The third-order valence-electron chi connectivity index (χ3n) is 1.82. The van der Waals surface area contributed by atoms with Crippen molar-refractivity contribution in [2.24, 2.45) is 0 Å². The molecule has 0 bridgehead atoms. The second-order valence-electron chi connectivity index (χ2n) is 2.83. The second kappa shape index (κ2) is 6.00. The molecule has 0 saturated heterocycles. The van der Waals surface area contributed by atoms with Crippen molar-refractivity contribution >= 4 is 29.7 Å². The Balaban J connectivity index is 2.79. The lowest BCUT2D eigenvalue weighted by Gasteiger charge is -2.18. The summed E-state index contributed by atoms with van der Waals surface area (Å²) >= 11 is 4.06. The number of benzene rings is 1. The van der Waals surface area contributed by atoms with Gasteiger partial charge < -0.3 is 18.1 Å². The first-order valence-corrected chi connectivity index (χ1v) is 8.47. The van der Waals surface area contributed by atoms with E-state index in [0.29, 0.717) is 5.75 Å². The van der Waals surface area contributed by atoms with Gasteiger partial charge in [-0.3, -0.25) is 0 Å². The Morgan fingerprint density at radius 2 is 1.69 bits per heavy atom. The molecule has 0 aliphatic carbocycles. The Labute approximate surface area is 103 Å². The van der Waals surface area contributed by atoms with E-state index in [1.54, 1.807) is 30.5 Å². The fraction of sp³-hybridized carbons (Fsp3) is 0.333. The molecule has 0 aliphatic heterocycles. The van der Waals surface area contributed by atoms with Crippen LogP contribution in [0.4, 0.5) is 0 Å². The first kappa shape index (κ1) is 14.0. The lowest BCUT2D eigenvalue weighted by Crippen LogP contribution is -1.99. The highest BCUT2D eigenvalue weighted by Crippen LogP contribution is 2.48. The van der Waals surface area contributed by atoms with Crippen LogP contribution in [0.15, 0.2) is 29.2 Å². The van der Waals surface area contributed by atoms with Gasteiger partial charge >= 0.3 is 6.72 Å². The van der Waals surface area contributed by atoms with Gasteiger partial charge in [0.25, 0.3) is 0 Å². The summed E-state index contributed by atoms with van der Waals surface area (Å²) < 4.78 is 26.6. The molecule has 0 aromatic heterocycles. The lowest BCUT2D eigenvalue weighted by atomic mass is 10.3. The molecule has 0 spiro atoms. The fourth-order valence-corrected chi connectivity index (χ4v) is 2.43. The van der Waals surface area contributed by atoms with Gasteiger partial charge in [0, 0.05) is 26.0 Å². The summed E-state index contributed by atoms with van der Waals surface area (Å²) in [5.74, 6) is 0.543. The van der Waals surface area contributed by atoms with Crippen LogP contribution in [0, 0.1) is 0 Å². The SMILES string of the molecule is COP(=S)(OC)Oc1ccc([S+](C)[O-])cc1. The minimum atomic E-state index is -2.68. The van der Waals surface area contributed by atoms with Crippen LogP contribution in [-0.4, -0.2) is 25.0 Å². The van der Waals surface area contributed by atoms with Crippen LogP contribution in [0.25, 0.3) is 0 Å². The van der Waals surface area contributed by atoms with E-state index in [4.69, 9.17) is 25.4 Å². The van der Waals surface area contributed by atoms with Gasteiger partial charge in [0.05, 0.1) is 0 Å². The number of hydrogen-bond acceptors (Lipinski definition) is 5. The van der Waals surface area contributed by atoms with Crippen LogP contribution in [0.2, 0.25) is 0 Å². The van der Waals surface area contributed by atoms with E-state index in [2.05, 4.69) is 0 Å². The normalized spacial score (nSPS) is 13.5. The topological polar surface area (TPSA) is 50.8 Å². The Morgan fingerprint density at radius 1 is 1.19 bits per heavy atom. The summed E-state index contributed by atoms with van der Waals surface area (Å²) in [7, 11) is 2.89. The van der Waals surface area contributed by atoms with E-state index in [9.17, 15) is 4.55 Å². The van der Waals surface area contributed by atoms with Crippen molar-refractivity contribution in [3.05, 3.63) is 24.3 Å². The van der Waals surface area contributed by atoms with Crippen LogP contribution >= 0.6 is 6.72 Å². The molecule has 1 aromatic rings. The van der Waals surface area contributed by atoms with Crippen molar-refractivity contribution in [3.63, 3.8) is 0 Å². The Hall–Kier alpha value is -0.100. The zero-order chi connectivity index (χ0) is 12.2. The van der Waals surface area contributed by atoms with E-state index in [1.807, 2.05) is 0 Å². The highest BCUT2D eigenvalue weighted by atomic mass is 32.5. The third kappa shape index (κ3) is 3.73. The molecule has 7 heteroatoms. The molecule has 0 aliphatic rings. The first-order valence-electron chi connectivity index (χ1n) is 4.35. The number of rotatable bonds is 5. The largest absolute Gasteiger partial charge is 0.612 e. The van der Waals surface area contributed by atoms with Crippen LogP contribution < -0.4 is 4.52 Å². The van der Waals surface area contributed by atoms with E-state index >= 15 is 0 Å². The summed E-state index contributed by atoms with van der Waals surface area (Å²) in [6.07, 6.45) is 1.62. The van der Waals surface area contributed by atoms with E-state index in [1.165, 1.54) is 14.2 Å². The zero-order valence-corrected chi connectivity index (χ0v) is 11.7. The molecule has 0 radical (unpaired) electrons. The van der Waals surface area contributed by atoms with Gasteiger partial charge in [-0.15, -0.1) is 0 Å². The second-order valence-corrected chi connectivity index (χ2v) is 7.36. The molecule has 4 nitrogen and oxygen atoms in total. The van der Waals surface area contributed by atoms with Gasteiger partial charge in [-0.1, -0.05) is 0 Å². The van der Waals surface area contributed by atoms with Crippen molar-refractivity contribution < 1.29 is 18.1 Å².